The number of ether oxygens (including phenoxy) is 1. The van der Waals surface area contributed by atoms with E-state index in [1.54, 1.807) is 12.5 Å². The van der Waals surface area contributed by atoms with Crippen molar-refractivity contribution in [2.24, 2.45) is 0 Å². The van der Waals surface area contributed by atoms with Gasteiger partial charge < -0.3 is 19.8 Å². The Morgan fingerprint density at radius 1 is 1.48 bits per heavy atom. The fourth-order valence-corrected chi connectivity index (χ4v) is 2.46. The summed E-state index contributed by atoms with van der Waals surface area (Å²) in [5.41, 5.74) is 0.467. The lowest BCUT2D eigenvalue weighted by atomic mass is 9.76. The number of nitrogens with one attached hydrogen (secondary N) is 2. The van der Waals surface area contributed by atoms with E-state index in [-0.39, 0.29) is 17.7 Å². The topological polar surface area (TPSA) is 63.5 Å². The molecular formula is C16H26N2O3. The molecule has 0 bridgehead atoms. The molecule has 0 aliphatic heterocycles. The average Bonchev–Trinajstić information content (AvgIpc) is 2.83. The minimum Gasteiger partial charge on any atom is -0.472 e. The third kappa shape index (κ3) is 4.49. The highest BCUT2D eigenvalue weighted by Crippen LogP contribution is 2.32. The van der Waals surface area contributed by atoms with Gasteiger partial charge in [0.25, 0.3) is 0 Å². The van der Waals surface area contributed by atoms with Gasteiger partial charge in [0.15, 0.2) is 0 Å². The lowest BCUT2D eigenvalue weighted by Crippen LogP contribution is -2.60. The molecule has 5 nitrogen and oxygen atoms in total. The molecule has 1 aliphatic rings. The molecule has 21 heavy (non-hydrogen) atoms. The van der Waals surface area contributed by atoms with Crippen molar-refractivity contribution in [3.63, 3.8) is 0 Å². The van der Waals surface area contributed by atoms with Crippen molar-refractivity contribution >= 4 is 6.09 Å². The Morgan fingerprint density at radius 2 is 2.19 bits per heavy atom. The number of furan rings is 1. The summed E-state index contributed by atoms with van der Waals surface area (Å²) in [4.78, 5) is 12.0. The predicted molar refractivity (Wildman–Crippen MR) is 81.1 cm³/mol. The SMILES string of the molecule is CC(NCC1(NC(=O)OC(C)(C)C)CCC1)c1ccoc1. The number of hydrogen-bond donors (Lipinski definition) is 2. The highest BCUT2D eigenvalue weighted by molar-refractivity contribution is 5.69. The number of alkyl carbamates (subject to hydrolysis) is 1. The summed E-state index contributed by atoms with van der Waals surface area (Å²) in [6.45, 7) is 8.45. The van der Waals surface area contributed by atoms with Crippen LogP contribution in [-0.2, 0) is 4.74 Å². The van der Waals surface area contributed by atoms with Gasteiger partial charge in [-0.3, -0.25) is 0 Å². The van der Waals surface area contributed by atoms with E-state index in [1.165, 1.54) is 0 Å². The van der Waals surface area contributed by atoms with Crippen molar-refractivity contribution in [2.75, 3.05) is 6.54 Å². The van der Waals surface area contributed by atoms with Crippen LogP contribution in [0.25, 0.3) is 0 Å². The number of hydrogen-bond acceptors (Lipinski definition) is 4. The monoisotopic (exact) mass is 294 g/mol. The molecule has 5 heteroatoms. The first-order chi connectivity index (χ1) is 9.80. The standard InChI is InChI=1S/C16H26N2O3/c1-12(13-6-9-20-10-13)17-11-16(7-5-8-16)18-14(19)21-15(2,3)4/h6,9-10,12,17H,5,7-8,11H2,1-4H3,(H,18,19). The highest BCUT2D eigenvalue weighted by Gasteiger charge is 2.39. The fraction of sp³-hybridized carbons (Fsp3) is 0.688. The Balaban J connectivity index is 1.85. The number of rotatable bonds is 5. The molecule has 1 atom stereocenters. The molecule has 1 saturated carbocycles. The molecule has 0 radical (unpaired) electrons. The maximum atomic E-state index is 12.0. The van der Waals surface area contributed by atoms with Crippen LogP contribution in [0.2, 0.25) is 0 Å². The summed E-state index contributed by atoms with van der Waals surface area (Å²) in [7, 11) is 0. The molecular weight excluding hydrogens is 268 g/mol. The predicted octanol–water partition coefficient (Wildman–Crippen LogP) is 3.38. The van der Waals surface area contributed by atoms with Crippen LogP contribution in [0, 0.1) is 0 Å². The van der Waals surface area contributed by atoms with Gasteiger partial charge in [-0.25, -0.2) is 4.79 Å². The summed E-state index contributed by atoms with van der Waals surface area (Å²) in [6.07, 6.45) is 6.18. The third-order valence-electron chi connectivity index (χ3n) is 3.87. The minimum absolute atomic E-state index is 0.180. The molecule has 1 aliphatic carbocycles. The number of carbonyl (C=O) groups is 1. The Hall–Kier alpha value is -1.49. The van der Waals surface area contributed by atoms with Crippen LogP contribution in [0.4, 0.5) is 4.79 Å². The molecule has 1 amide bonds. The van der Waals surface area contributed by atoms with Crippen LogP contribution in [0.3, 0.4) is 0 Å². The fourth-order valence-electron chi connectivity index (χ4n) is 2.46. The van der Waals surface area contributed by atoms with E-state index in [2.05, 4.69) is 17.6 Å². The molecule has 0 saturated heterocycles. The van der Waals surface area contributed by atoms with Crippen LogP contribution >= 0.6 is 0 Å². The van der Waals surface area contributed by atoms with Crippen molar-refractivity contribution in [1.82, 2.24) is 10.6 Å². The quantitative estimate of drug-likeness (QED) is 0.874. The zero-order valence-corrected chi connectivity index (χ0v) is 13.4. The van der Waals surface area contributed by atoms with Gasteiger partial charge in [-0.1, -0.05) is 0 Å². The van der Waals surface area contributed by atoms with Crippen molar-refractivity contribution in [3.8, 4) is 0 Å². The van der Waals surface area contributed by atoms with Gasteiger partial charge in [0.05, 0.1) is 18.1 Å². The first-order valence-electron chi connectivity index (χ1n) is 7.56. The second kappa shape index (κ2) is 6.10. The van der Waals surface area contributed by atoms with Crippen LogP contribution in [0.15, 0.2) is 23.0 Å². The van der Waals surface area contributed by atoms with Gasteiger partial charge in [-0.05, 0) is 53.0 Å². The first kappa shape index (κ1) is 15.9. The first-order valence-corrected chi connectivity index (χ1v) is 7.56. The van der Waals surface area contributed by atoms with E-state index in [0.29, 0.717) is 0 Å². The smallest absolute Gasteiger partial charge is 0.408 e. The maximum Gasteiger partial charge on any atom is 0.408 e. The second-order valence-corrected chi connectivity index (χ2v) is 6.92. The second-order valence-electron chi connectivity index (χ2n) is 6.92. The number of amides is 1. The maximum absolute atomic E-state index is 12.0. The van der Waals surface area contributed by atoms with Crippen molar-refractivity contribution in [2.45, 2.75) is 64.1 Å². The molecule has 1 unspecified atom stereocenters. The van der Waals surface area contributed by atoms with Crippen molar-refractivity contribution < 1.29 is 13.9 Å². The molecule has 1 heterocycles. The van der Waals surface area contributed by atoms with E-state index in [1.807, 2.05) is 26.8 Å². The largest absolute Gasteiger partial charge is 0.472 e. The highest BCUT2D eigenvalue weighted by atomic mass is 16.6. The molecule has 0 spiro atoms. The van der Waals surface area contributed by atoms with Gasteiger partial charge in [-0.2, -0.15) is 0 Å². The Morgan fingerprint density at radius 3 is 2.67 bits per heavy atom. The summed E-state index contributed by atoms with van der Waals surface area (Å²) in [6, 6.07) is 2.15. The Kier molecular flexibility index (Phi) is 4.61. The number of carbonyl (C=O) groups excluding carboxylic acids is 1. The Labute approximate surface area is 126 Å². The average molecular weight is 294 g/mol. The van der Waals surface area contributed by atoms with E-state index in [0.717, 1.165) is 31.4 Å². The molecule has 2 N–H and O–H groups in total. The van der Waals surface area contributed by atoms with E-state index < -0.39 is 5.60 Å². The zero-order chi connectivity index (χ0) is 15.5. The van der Waals surface area contributed by atoms with E-state index >= 15 is 0 Å². The lowest BCUT2D eigenvalue weighted by Gasteiger charge is -2.43. The van der Waals surface area contributed by atoms with Gasteiger partial charge in [0.1, 0.15) is 5.60 Å². The molecule has 1 aromatic heterocycles. The van der Waals surface area contributed by atoms with Gasteiger partial charge in [-0.15, -0.1) is 0 Å². The molecule has 2 rings (SSSR count). The van der Waals surface area contributed by atoms with Crippen LogP contribution in [0.1, 0.15) is 58.6 Å². The minimum atomic E-state index is -0.466. The van der Waals surface area contributed by atoms with Crippen LogP contribution in [0.5, 0.6) is 0 Å². The van der Waals surface area contributed by atoms with Crippen molar-refractivity contribution in [1.29, 1.82) is 0 Å². The molecule has 118 valence electrons. The lowest BCUT2D eigenvalue weighted by molar-refractivity contribution is 0.0379. The summed E-state index contributed by atoms with van der Waals surface area (Å²) >= 11 is 0. The summed E-state index contributed by atoms with van der Waals surface area (Å²) in [5.74, 6) is 0. The Bertz CT molecular complexity index is 458. The van der Waals surface area contributed by atoms with Crippen LogP contribution in [-0.4, -0.2) is 23.8 Å². The van der Waals surface area contributed by atoms with Gasteiger partial charge in [0, 0.05) is 18.2 Å². The van der Waals surface area contributed by atoms with Gasteiger partial charge in [0.2, 0.25) is 0 Å². The third-order valence-corrected chi connectivity index (χ3v) is 3.87. The summed E-state index contributed by atoms with van der Waals surface area (Å²) in [5, 5.41) is 6.51. The van der Waals surface area contributed by atoms with E-state index in [4.69, 9.17) is 9.15 Å². The molecule has 1 aromatic rings. The van der Waals surface area contributed by atoms with Crippen molar-refractivity contribution in [3.05, 3.63) is 24.2 Å². The molecule has 1 fully saturated rings. The van der Waals surface area contributed by atoms with Crippen LogP contribution < -0.4 is 10.6 Å². The summed E-state index contributed by atoms with van der Waals surface area (Å²) < 4.78 is 10.5. The normalized spacial score (nSPS) is 18.7. The van der Waals surface area contributed by atoms with E-state index in [9.17, 15) is 4.79 Å². The molecule has 0 aromatic carbocycles. The van der Waals surface area contributed by atoms with Gasteiger partial charge >= 0.3 is 6.09 Å². The zero-order valence-electron chi connectivity index (χ0n) is 13.4.